The molecule has 4 aromatic rings. The maximum Gasteiger partial charge on any atom is 0.277 e. The van der Waals surface area contributed by atoms with Crippen molar-refractivity contribution in [2.45, 2.75) is 38.0 Å². The Kier molecular flexibility index (Phi) is 6.97. The number of aromatic nitrogens is 3. The summed E-state index contributed by atoms with van der Waals surface area (Å²) in [6.07, 6.45) is 4.98. The van der Waals surface area contributed by atoms with Gasteiger partial charge >= 0.3 is 0 Å². The Bertz CT molecular complexity index is 1430. The van der Waals surface area contributed by atoms with Crippen molar-refractivity contribution < 1.29 is 9.53 Å². The number of nitrogens with one attached hydrogen (secondary N) is 2. The summed E-state index contributed by atoms with van der Waals surface area (Å²) in [6, 6.07) is 13.3. The van der Waals surface area contributed by atoms with E-state index in [2.05, 4.69) is 32.7 Å². The van der Waals surface area contributed by atoms with Crippen molar-refractivity contribution in [2.75, 3.05) is 24.7 Å². The van der Waals surface area contributed by atoms with Crippen LogP contribution in [-0.4, -0.2) is 34.1 Å². The molecule has 0 aliphatic carbocycles. The first kappa shape index (κ1) is 24.0. The monoisotopic (exact) mass is 504 g/mol. The lowest BCUT2D eigenvalue weighted by molar-refractivity contribution is -0.124. The van der Waals surface area contributed by atoms with Crippen molar-refractivity contribution in [1.82, 2.24) is 19.9 Å². The molecule has 5 rings (SSSR count). The minimum Gasteiger partial charge on any atom is -0.384 e. The molecule has 1 aliphatic rings. The maximum atomic E-state index is 13.3. The largest absolute Gasteiger partial charge is 0.384 e. The number of ether oxygens (including phenoxy) is 1. The molecule has 186 valence electrons. The zero-order valence-electron chi connectivity index (χ0n) is 19.9. The van der Waals surface area contributed by atoms with Gasteiger partial charge in [0.05, 0.1) is 12.7 Å². The molecule has 10 heteroatoms. The second-order valence-electron chi connectivity index (χ2n) is 8.77. The molecule has 0 radical (unpaired) electrons. The Morgan fingerprint density at radius 3 is 2.86 bits per heavy atom. The lowest BCUT2D eigenvalue weighted by Crippen LogP contribution is -2.36. The van der Waals surface area contributed by atoms with Gasteiger partial charge in [0.2, 0.25) is 5.91 Å². The van der Waals surface area contributed by atoms with Crippen LogP contribution < -0.4 is 21.9 Å². The van der Waals surface area contributed by atoms with Gasteiger partial charge < -0.3 is 21.1 Å². The van der Waals surface area contributed by atoms with Crippen LogP contribution in [0.2, 0.25) is 0 Å². The van der Waals surface area contributed by atoms with Crippen LogP contribution in [0.25, 0.3) is 10.1 Å². The van der Waals surface area contributed by atoms with Gasteiger partial charge in [0.15, 0.2) is 0 Å². The molecule has 0 bridgehead atoms. The topological polar surface area (TPSA) is 124 Å². The van der Waals surface area contributed by atoms with Gasteiger partial charge in [-0.25, -0.2) is 9.97 Å². The number of methoxy groups -OCH3 is 1. The zero-order chi connectivity index (χ0) is 25.1. The molecule has 3 aromatic heterocycles. The van der Waals surface area contributed by atoms with Gasteiger partial charge in [-0.05, 0) is 30.5 Å². The molecule has 0 unspecified atom stereocenters. The highest BCUT2D eigenvalue weighted by Crippen LogP contribution is 2.34. The highest BCUT2D eigenvalue weighted by molar-refractivity contribution is 7.19. The summed E-state index contributed by atoms with van der Waals surface area (Å²) >= 11 is 1.55. The van der Waals surface area contributed by atoms with Crippen molar-refractivity contribution in [1.29, 1.82) is 0 Å². The number of amides is 1. The molecule has 0 saturated carbocycles. The number of nitrogen functional groups attached to an aromatic ring is 1. The van der Waals surface area contributed by atoms with Crippen LogP contribution in [0.3, 0.4) is 0 Å². The molecule has 1 amide bonds. The van der Waals surface area contributed by atoms with Crippen LogP contribution in [0.15, 0.2) is 59.7 Å². The summed E-state index contributed by atoms with van der Waals surface area (Å²) in [4.78, 5) is 36.1. The van der Waals surface area contributed by atoms with Crippen LogP contribution in [0.4, 0.5) is 11.5 Å². The number of hydrogen-bond donors (Lipinski definition) is 3. The summed E-state index contributed by atoms with van der Waals surface area (Å²) in [5, 5.41) is 7.15. The SMILES string of the molecule is CO[C@H]1C[C@@H](C(=O)NCc2cc3cnc(N)cc3s2)n2c1ncc(NCCCc1ccccc1)c2=O. The van der Waals surface area contributed by atoms with Gasteiger partial charge in [0, 0.05) is 41.2 Å². The van der Waals surface area contributed by atoms with Gasteiger partial charge in [-0.3, -0.25) is 14.2 Å². The number of thiophene rings is 1. The highest BCUT2D eigenvalue weighted by Gasteiger charge is 2.38. The van der Waals surface area contributed by atoms with Crippen molar-refractivity contribution in [3.05, 3.63) is 81.5 Å². The number of nitrogens with zero attached hydrogens (tertiary/aromatic N) is 3. The average molecular weight is 505 g/mol. The van der Waals surface area contributed by atoms with Crippen molar-refractivity contribution in [2.24, 2.45) is 0 Å². The molecule has 0 spiro atoms. The number of nitrogens with two attached hydrogens (primary N) is 1. The Hall–Kier alpha value is -3.76. The summed E-state index contributed by atoms with van der Waals surface area (Å²) in [5.74, 6) is 0.696. The Labute approximate surface area is 212 Å². The molecule has 1 aromatic carbocycles. The fraction of sp³-hybridized carbons (Fsp3) is 0.308. The number of anilines is 2. The van der Waals surface area contributed by atoms with Crippen LogP contribution in [0, 0.1) is 0 Å². The second kappa shape index (κ2) is 10.5. The Morgan fingerprint density at radius 1 is 1.22 bits per heavy atom. The van der Waals surface area contributed by atoms with Crippen LogP contribution in [0.5, 0.6) is 0 Å². The minimum absolute atomic E-state index is 0.240. The first-order valence-electron chi connectivity index (χ1n) is 11.9. The third kappa shape index (κ3) is 4.95. The summed E-state index contributed by atoms with van der Waals surface area (Å²) in [5.41, 5.74) is 7.15. The van der Waals surface area contributed by atoms with E-state index in [0.29, 0.717) is 36.8 Å². The zero-order valence-corrected chi connectivity index (χ0v) is 20.8. The molecular formula is C26H28N6O3S. The predicted octanol–water partition coefficient (Wildman–Crippen LogP) is 3.43. The van der Waals surface area contributed by atoms with Gasteiger partial charge in [-0.15, -0.1) is 11.3 Å². The molecular weight excluding hydrogens is 476 g/mol. The molecule has 0 saturated heterocycles. The smallest absolute Gasteiger partial charge is 0.277 e. The quantitative estimate of drug-likeness (QED) is 0.298. The van der Waals surface area contributed by atoms with E-state index in [4.69, 9.17) is 10.5 Å². The third-order valence-electron chi connectivity index (χ3n) is 6.36. The van der Waals surface area contributed by atoms with Gasteiger partial charge in [0.25, 0.3) is 5.56 Å². The molecule has 0 fully saturated rings. The summed E-state index contributed by atoms with van der Waals surface area (Å²) in [7, 11) is 1.56. The molecule has 36 heavy (non-hydrogen) atoms. The molecule has 4 N–H and O–H groups in total. The number of hydrogen-bond acceptors (Lipinski definition) is 8. The molecule has 9 nitrogen and oxygen atoms in total. The Balaban J connectivity index is 1.27. The highest BCUT2D eigenvalue weighted by atomic mass is 32.1. The third-order valence-corrected chi connectivity index (χ3v) is 7.46. The number of benzene rings is 1. The van der Waals surface area contributed by atoms with E-state index in [1.165, 1.54) is 10.1 Å². The van der Waals surface area contributed by atoms with Crippen molar-refractivity contribution in [3.63, 3.8) is 0 Å². The minimum atomic E-state index is -0.692. The summed E-state index contributed by atoms with van der Waals surface area (Å²) < 4.78 is 8.02. The number of carbonyl (C=O) groups excluding carboxylic acids is 1. The molecule has 4 heterocycles. The maximum absolute atomic E-state index is 13.3. The number of rotatable bonds is 9. The first-order chi connectivity index (χ1) is 17.5. The van der Waals surface area contributed by atoms with Gasteiger partial charge in [-0.1, -0.05) is 30.3 Å². The van der Waals surface area contributed by atoms with E-state index < -0.39 is 12.1 Å². The van der Waals surface area contributed by atoms with Crippen molar-refractivity contribution >= 4 is 38.8 Å². The van der Waals surface area contributed by atoms with E-state index in [9.17, 15) is 9.59 Å². The van der Waals surface area contributed by atoms with E-state index in [1.807, 2.05) is 30.3 Å². The fourth-order valence-corrected chi connectivity index (χ4v) is 5.55. The lowest BCUT2D eigenvalue weighted by atomic mass is 10.1. The molecule has 2 atom stereocenters. The van der Waals surface area contributed by atoms with Crippen LogP contribution in [0.1, 0.15) is 41.3 Å². The van der Waals surface area contributed by atoms with E-state index >= 15 is 0 Å². The number of pyridine rings is 1. The number of fused-ring (bicyclic) bond motifs is 2. The fourth-order valence-electron chi connectivity index (χ4n) is 4.53. The van der Waals surface area contributed by atoms with E-state index in [-0.39, 0.29) is 11.5 Å². The van der Waals surface area contributed by atoms with E-state index in [0.717, 1.165) is 27.8 Å². The molecule has 1 aliphatic heterocycles. The summed E-state index contributed by atoms with van der Waals surface area (Å²) in [6.45, 7) is 0.974. The predicted molar refractivity (Wildman–Crippen MR) is 141 cm³/mol. The number of aryl methyl sites for hydroxylation is 1. The van der Waals surface area contributed by atoms with Crippen molar-refractivity contribution in [3.8, 4) is 0 Å². The normalized spacial score (nSPS) is 16.7. The van der Waals surface area contributed by atoms with Crippen LogP contribution >= 0.6 is 11.3 Å². The second-order valence-corrected chi connectivity index (χ2v) is 9.94. The average Bonchev–Trinajstić information content (AvgIpc) is 3.48. The van der Waals surface area contributed by atoms with Crippen LogP contribution in [-0.2, 0) is 22.5 Å². The van der Waals surface area contributed by atoms with Gasteiger partial charge in [0.1, 0.15) is 29.5 Å². The number of carbonyl (C=O) groups is 1. The lowest BCUT2D eigenvalue weighted by Gasteiger charge is -2.15. The Morgan fingerprint density at radius 2 is 2.06 bits per heavy atom. The van der Waals surface area contributed by atoms with E-state index in [1.54, 1.807) is 30.8 Å². The van der Waals surface area contributed by atoms with Gasteiger partial charge in [-0.2, -0.15) is 0 Å². The first-order valence-corrected chi connectivity index (χ1v) is 12.7. The standard InChI is InChI=1S/C26H28N6O3S/c1-35-21-11-20(25(33)31-14-18-10-17-13-29-23(27)12-22(17)36-18)32-24(21)30-15-19(26(32)34)28-9-5-8-16-6-3-2-4-7-16/h2-4,6-7,10,12-13,15,20-21,28H,5,8-9,11,14H2,1H3,(H2,27,29)(H,31,33)/t20-,21-/m0/s1.